The molecule has 0 saturated heterocycles. The van der Waals surface area contributed by atoms with Crippen molar-refractivity contribution in [3.8, 4) is 11.1 Å². The van der Waals surface area contributed by atoms with Crippen molar-refractivity contribution in [2.75, 3.05) is 6.61 Å². The van der Waals surface area contributed by atoms with Crippen LogP contribution >= 0.6 is 0 Å². The summed E-state index contributed by atoms with van der Waals surface area (Å²) in [4.78, 5) is 23.6. The Balaban J connectivity index is 1.87. The van der Waals surface area contributed by atoms with Crippen molar-refractivity contribution in [2.24, 2.45) is 5.73 Å². The summed E-state index contributed by atoms with van der Waals surface area (Å²) in [5.41, 5.74) is 7.22. The minimum absolute atomic E-state index is 0.0498. The summed E-state index contributed by atoms with van der Waals surface area (Å²) in [6.45, 7) is 1.10. The number of carboxylic acids is 1. The fraction of sp³-hybridized carbons (Fsp3) is 0.263. The highest BCUT2D eigenvalue weighted by atomic mass is 16.5. The van der Waals surface area contributed by atoms with Gasteiger partial charge in [0, 0.05) is 5.92 Å². The first-order chi connectivity index (χ1) is 11.9. The number of rotatable bonds is 5. The van der Waals surface area contributed by atoms with Gasteiger partial charge in [-0.15, -0.1) is 0 Å². The van der Waals surface area contributed by atoms with Crippen molar-refractivity contribution in [3.05, 3.63) is 59.7 Å². The van der Waals surface area contributed by atoms with Crippen molar-refractivity contribution in [3.63, 3.8) is 0 Å². The number of carbonyl (C=O) groups is 2. The van der Waals surface area contributed by atoms with E-state index in [0.717, 1.165) is 29.2 Å². The van der Waals surface area contributed by atoms with Crippen LogP contribution in [0.1, 0.15) is 24.0 Å². The fourth-order valence-electron chi connectivity index (χ4n) is 3.15. The van der Waals surface area contributed by atoms with Crippen LogP contribution in [0.5, 0.6) is 0 Å². The molecule has 2 unspecified atom stereocenters. The summed E-state index contributed by atoms with van der Waals surface area (Å²) in [6, 6.07) is 15.6. The van der Waals surface area contributed by atoms with Crippen LogP contribution in [0.25, 0.3) is 11.1 Å². The Morgan fingerprint density at radius 3 is 2.04 bits per heavy atom. The maximum atomic E-state index is 12.2. The molecule has 0 aromatic heterocycles. The smallest absolute Gasteiger partial charge is 0.340 e. The van der Waals surface area contributed by atoms with Gasteiger partial charge in [-0.1, -0.05) is 48.5 Å². The molecule has 2 aromatic rings. The molecule has 1 aliphatic rings. The van der Waals surface area contributed by atoms with E-state index in [4.69, 9.17) is 10.5 Å². The second-order valence-electron chi connectivity index (χ2n) is 6.18. The number of esters is 1. The van der Waals surface area contributed by atoms with Crippen molar-refractivity contribution >= 4 is 11.9 Å². The predicted octanol–water partition coefficient (Wildman–Crippen LogP) is 1.51. The van der Waals surface area contributed by atoms with Gasteiger partial charge in [0.05, 0.1) is 6.10 Å². The summed E-state index contributed by atoms with van der Waals surface area (Å²) >= 11 is 0. The van der Waals surface area contributed by atoms with Gasteiger partial charge in [0.15, 0.2) is 0 Å². The largest absolute Gasteiger partial charge is 0.479 e. The van der Waals surface area contributed by atoms with Gasteiger partial charge in [-0.3, -0.25) is 0 Å². The van der Waals surface area contributed by atoms with E-state index in [1.165, 1.54) is 0 Å². The second-order valence-corrected chi connectivity index (χ2v) is 6.18. The number of ether oxygens (including phenoxy) is 1. The van der Waals surface area contributed by atoms with Crippen LogP contribution in [0.4, 0.5) is 0 Å². The number of fused-ring (bicyclic) bond motifs is 3. The first-order valence-corrected chi connectivity index (χ1v) is 7.93. The Morgan fingerprint density at radius 1 is 1.12 bits per heavy atom. The minimum atomic E-state index is -2.49. The molecule has 1 aliphatic carbocycles. The van der Waals surface area contributed by atoms with Crippen molar-refractivity contribution in [1.82, 2.24) is 0 Å². The highest BCUT2D eigenvalue weighted by Crippen LogP contribution is 2.44. The number of benzene rings is 2. The van der Waals surface area contributed by atoms with Gasteiger partial charge in [-0.2, -0.15) is 0 Å². The lowest BCUT2D eigenvalue weighted by Crippen LogP contribution is -2.63. The lowest BCUT2D eigenvalue weighted by Gasteiger charge is -2.26. The molecular weight excluding hydrogens is 322 g/mol. The molecule has 0 bridgehead atoms. The standard InChI is InChI=1S/C19H19NO5/c1-11(21)19(20,17(22)23)18(24)25-10-16-14-8-4-2-6-12(14)13-7-3-5-9-15(13)16/h2-9,11,16,21H,10,20H2,1H3,(H,22,23). The Hall–Kier alpha value is -2.70. The molecule has 0 fully saturated rings. The van der Waals surface area contributed by atoms with Crippen LogP contribution in [-0.2, 0) is 14.3 Å². The molecule has 6 heteroatoms. The average Bonchev–Trinajstić information content (AvgIpc) is 2.92. The SMILES string of the molecule is CC(O)C(N)(C(=O)O)C(=O)OCC1c2ccccc2-c2ccccc21. The second kappa shape index (κ2) is 6.31. The van der Waals surface area contributed by atoms with Crippen LogP contribution in [0.2, 0.25) is 0 Å². The van der Waals surface area contributed by atoms with Crippen LogP contribution in [0, 0.1) is 0 Å². The van der Waals surface area contributed by atoms with Gasteiger partial charge in [0.2, 0.25) is 5.54 Å². The predicted molar refractivity (Wildman–Crippen MR) is 90.9 cm³/mol. The number of carboxylic acid groups (broad SMARTS) is 1. The highest BCUT2D eigenvalue weighted by Gasteiger charge is 2.49. The molecule has 4 N–H and O–H groups in total. The number of hydrogen-bond donors (Lipinski definition) is 3. The lowest BCUT2D eigenvalue weighted by molar-refractivity contribution is -0.166. The molecular formula is C19H19NO5. The van der Waals surface area contributed by atoms with E-state index in [2.05, 4.69) is 0 Å². The summed E-state index contributed by atoms with van der Waals surface area (Å²) in [6.07, 6.45) is -1.58. The number of aliphatic carboxylic acids is 1. The quantitative estimate of drug-likeness (QED) is 0.562. The van der Waals surface area contributed by atoms with Gasteiger partial charge in [0.25, 0.3) is 0 Å². The van der Waals surface area contributed by atoms with Gasteiger partial charge < -0.3 is 20.7 Å². The zero-order valence-electron chi connectivity index (χ0n) is 13.7. The number of aliphatic hydroxyl groups excluding tert-OH is 1. The number of hydrogen-bond acceptors (Lipinski definition) is 5. The van der Waals surface area contributed by atoms with Gasteiger partial charge >= 0.3 is 11.9 Å². The molecule has 0 spiro atoms. The van der Waals surface area contributed by atoms with E-state index in [-0.39, 0.29) is 12.5 Å². The molecule has 6 nitrogen and oxygen atoms in total. The molecule has 0 heterocycles. The van der Waals surface area contributed by atoms with Gasteiger partial charge in [0.1, 0.15) is 6.61 Å². The summed E-state index contributed by atoms with van der Waals surface area (Å²) < 4.78 is 5.22. The van der Waals surface area contributed by atoms with Crippen molar-refractivity contribution < 1.29 is 24.5 Å². The van der Waals surface area contributed by atoms with Crippen LogP contribution in [0.15, 0.2) is 48.5 Å². The maximum Gasteiger partial charge on any atom is 0.340 e. The molecule has 3 rings (SSSR count). The van der Waals surface area contributed by atoms with Crippen molar-refractivity contribution in [2.45, 2.75) is 24.5 Å². The minimum Gasteiger partial charge on any atom is -0.479 e. The molecule has 2 atom stereocenters. The molecule has 2 aromatic carbocycles. The first kappa shape index (κ1) is 17.1. The normalized spacial score (nSPS) is 16.4. The monoisotopic (exact) mass is 341 g/mol. The zero-order valence-corrected chi connectivity index (χ0v) is 13.7. The highest BCUT2D eigenvalue weighted by molar-refractivity contribution is 6.04. The van der Waals surface area contributed by atoms with Gasteiger partial charge in [-0.05, 0) is 29.2 Å². The number of carbonyl (C=O) groups excluding carboxylic acids is 1. The summed E-state index contributed by atoms with van der Waals surface area (Å²) in [7, 11) is 0. The van der Waals surface area contributed by atoms with Crippen LogP contribution in [0.3, 0.4) is 0 Å². The van der Waals surface area contributed by atoms with Crippen LogP contribution in [-0.4, -0.2) is 40.4 Å². The average molecular weight is 341 g/mol. The summed E-state index contributed by atoms with van der Waals surface area (Å²) in [5, 5.41) is 18.8. The van der Waals surface area contributed by atoms with E-state index in [0.29, 0.717) is 0 Å². The van der Waals surface area contributed by atoms with Crippen molar-refractivity contribution in [1.29, 1.82) is 0 Å². The lowest BCUT2D eigenvalue weighted by atomic mass is 9.94. The van der Waals surface area contributed by atoms with E-state index in [9.17, 15) is 19.8 Å². The Morgan fingerprint density at radius 2 is 1.60 bits per heavy atom. The molecule has 25 heavy (non-hydrogen) atoms. The van der Waals surface area contributed by atoms with Crippen LogP contribution < -0.4 is 5.73 Å². The first-order valence-electron chi connectivity index (χ1n) is 7.93. The zero-order chi connectivity index (χ0) is 18.2. The third kappa shape index (κ3) is 2.69. The topological polar surface area (TPSA) is 110 Å². The Bertz CT molecular complexity index is 787. The molecule has 0 radical (unpaired) electrons. The van der Waals surface area contributed by atoms with E-state index >= 15 is 0 Å². The summed E-state index contributed by atoms with van der Waals surface area (Å²) in [5.74, 6) is -2.99. The Kier molecular flexibility index (Phi) is 4.32. The number of nitrogens with two attached hydrogens (primary N) is 1. The maximum absolute atomic E-state index is 12.2. The van der Waals surface area contributed by atoms with E-state index in [1.807, 2.05) is 48.5 Å². The van der Waals surface area contributed by atoms with E-state index < -0.39 is 23.6 Å². The fourth-order valence-corrected chi connectivity index (χ4v) is 3.15. The Labute approximate surface area is 144 Å². The van der Waals surface area contributed by atoms with E-state index in [1.54, 1.807) is 0 Å². The molecule has 130 valence electrons. The number of aliphatic hydroxyl groups is 1. The third-order valence-corrected chi connectivity index (χ3v) is 4.69. The van der Waals surface area contributed by atoms with Gasteiger partial charge in [-0.25, -0.2) is 9.59 Å². The third-order valence-electron chi connectivity index (χ3n) is 4.69. The molecule has 0 aliphatic heterocycles. The molecule has 0 amide bonds. The molecule has 0 saturated carbocycles.